The van der Waals surface area contributed by atoms with Crippen LogP contribution in [0.15, 0.2) is 16.1 Å². The van der Waals surface area contributed by atoms with E-state index in [4.69, 9.17) is 14.4 Å². The Morgan fingerprint density at radius 1 is 1.00 bits per heavy atom. The van der Waals surface area contributed by atoms with Gasteiger partial charge in [-0.05, 0) is 18.8 Å². The summed E-state index contributed by atoms with van der Waals surface area (Å²) in [6.07, 6.45) is 4.01. The lowest BCUT2D eigenvalue weighted by molar-refractivity contribution is 0.392. The molecule has 2 aromatic heterocycles. The van der Waals surface area contributed by atoms with Crippen LogP contribution in [-0.4, -0.2) is 9.97 Å². The van der Waals surface area contributed by atoms with E-state index in [1.165, 1.54) is 10.7 Å². The van der Waals surface area contributed by atoms with Crippen molar-refractivity contribution in [2.24, 2.45) is 5.92 Å². The molecule has 2 unspecified atom stereocenters. The largest absolute Gasteiger partial charge is 0.448 e. The van der Waals surface area contributed by atoms with Crippen molar-refractivity contribution in [3.63, 3.8) is 0 Å². The van der Waals surface area contributed by atoms with Crippen LogP contribution in [0.5, 0.6) is 0 Å². The lowest BCUT2D eigenvalue weighted by Crippen LogP contribution is -2.18. The fourth-order valence-electron chi connectivity index (χ4n) is 2.84. The van der Waals surface area contributed by atoms with E-state index in [1.54, 1.807) is 0 Å². The molecule has 0 N–H and O–H groups in total. The second kappa shape index (κ2) is 7.84. The minimum atomic E-state index is -0.0400. The average Bonchev–Trinajstić information content (AvgIpc) is 3.20. The Morgan fingerprint density at radius 3 is 2.19 bits per heavy atom. The highest BCUT2D eigenvalue weighted by Crippen LogP contribution is 2.36. The van der Waals surface area contributed by atoms with Gasteiger partial charge in [0.2, 0.25) is 0 Å². The van der Waals surface area contributed by atoms with Gasteiger partial charge < -0.3 is 4.42 Å². The van der Waals surface area contributed by atoms with Gasteiger partial charge in [0.05, 0.1) is 16.4 Å². The number of nitrogens with zero attached hydrogens (tertiary/aromatic N) is 2. The van der Waals surface area contributed by atoms with E-state index >= 15 is 0 Å². The van der Waals surface area contributed by atoms with E-state index in [1.807, 2.05) is 17.6 Å². The fraction of sp³-hybridized carbons (Fsp3) is 0.727. The SMILES string of the molecule is CC(CCC(C)(C)c1nc(C(C)C(C)C)cs1)c1coc(C(C)(C)C)n1. The standard InChI is InChI=1S/C22H36N2OS/c1-14(2)16(4)18-13-26-20(24-18)22(8,9)11-10-15(3)17-12-25-19(23-17)21(5,6)7/h12-16H,10-11H2,1-9H3. The zero-order chi connectivity index (χ0) is 19.7. The summed E-state index contributed by atoms with van der Waals surface area (Å²) >= 11 is 1.81. The molecule has 4 heteroatoms. The zero-order valence-corrected chi connectivity index (χ0v) is 18.8. The highest BCUT2D eigenvalue weighted by molar-refractivity contribution is 7.09. The molecule has 0 saturated carbocycles. The van der Waals surface area contributed by atoms with Gasteiger partial charge in [-0.1, -0.05) is 62.3 Å². The van der Waals surface area contributed by atoms with Crippen LogP contribution >= 0.6 is 11.3 Å². The van der Waals surface area contributed by atoms with Crippen LogP contribution in [0.3, 0.4) is 0 Å². The summed E-state index contributed by atoms with van der Waals surface area (Å²) in [4.78, 5) is 9.70. The molecule has 2 heterocycles. The third-order valence-electron chi connectivity index (χ3n) is 5.44. The summed E-state index contributed by atoms with van der Waals surface area (Å²) in [6.45, 7) is 20.1. The minimum absolute atomic E-state index is 0.0400. The monoisotopic (exact) mass is 376 g/mol. The Hall–Kier alpha value is -1.16. The first-order valence-corrected chi connectivity index (χ1v) is 10.7. The second-order valence-corrected chi connectivity index (χ2v) is 10.6. The van der Waals surface area contributed by atoms with Gasteiger partial charge in [-0.3, -0.25) is 0 Å². The van der Waals surface area contributed by atoms with Gasteiger partial charge in [-0.2, -0.15) is 0 Å². The maximum absolute atomic E-state index is 5.70. The summed E-state index contributed by atoms with van der Waals surface area (Å²) < 4.78 is 5.70. The van der Waals surface area contributed by atoms with Crippen LogP contribution in [0, 0.1) is 5.92 Å². The van der Waals surface area contributed by atoms with E-state index in [0.717, 1.165) is 24.4 Å². The number of rotatable bonds is 7. The van der Waals surface area contributed by atoms with Crippen LogP contribution in [0.25, 0.3) is 0 Å². The quantitative estimate of drug-likeness (QED) is 0.519. The van der Waals surface area contributed by atoms with Crippen molar-refractivity contribution in [2.75, 3.05) is 0 Å². The van der Waals surface area contributed by atoms with Gasteiger partial charge in [0.1, 0.15) is 6.26 Å². The highest BCUT2D eigenvalue weighted by atomic mass is 32.1. The molecule has 26 heavy (non-hydrogen) atoms. The van der Waals surface area contributed by atoms with Gasteiger partial charge >= 0.3 is 0 Å². The van der Waals surface area contributed by atoms with Crippen LogP contribution in [0.1, 0.15) is 109 Å². The van der Waals surface area contributed by atoms with Crippen molar-refractivity contribution in [1.29, 1.82) is 0 Å². The van der Waals surface area contributed by atoms with Gasteiger partial charge in [0, 0.05) is 28.0 Å². The van der Waals surface area contributed by atoms with E-state index in [9.17, 15) is 0 Å². The van der Waals surface area contributed by atoms with Crippen molar-refractivity contribution in [1.82, 2.24) is 9.97 Å². The van der Waals surface area contributed by atoms with Crippen LogP contribution in [0.4, 0.5) is 0 Å². The summed E-state index contributed by atoms with van der Waals surface area (Å²) in [5, 5.41) is 3.50. The highest BCUT2D eigenvalue weighted by Gasteiger charge is 2.28. The Balaban J connectivity index is 2.02. The molecule has 146 valence electrons. The molecule has 0 amide bonds. The van der Waals surface area contributed by atoms with Gasteiger partial charge in [-0.25, -0.2) is 9.97 Å². The lowest BCUT2D eigenvalue weighted by Gasteiger charge is -2.23. The summed E-state index contributed by atoms with van der Waals surface area (Å²) in [6, 6.07) is 0. The first kappa shape index (κ1) is 21.1. The van der Waals surface area contributed by atoms with E-state index in [-0.39, 0.29) is 10.8 Å². The lowest BCUT2D eigenvalue weighted by atomic mass is 9.85. The molecule has 0 fully saturated rings. The Morgan fingerprint density at radius 2 is 1.65 bits per heavy atom. The van der Waals surface area contributed by atoms with Crippen molar-refractivity contribution in [3.05, 3.63) is 33.9 Å². The number of thiazole rings is 1. The second-order valence-electron chi connectivity index (χ2n) is 9.76. The minimum Gasteiger partial charge on any atom is -0.448 e. The maximum atomic E-state index is 5.70. The Bertz CT molecular complexity index is 706. The summed E-state index contributed by atoms with van der Waals surface area (Å²) in [5.41, 5.74) is 2.36. The summed E-state index contributed by atoms with van der Waals surface area (Å²) in [7, 11) is 0. The van der Waals surface area contributed by atoms with Crippen molar-refractivity contribution < 1.29 is 4.42 Å². The molecule has 2 aromatic rings. The molecule has 0 radical (unpaired) electrons. The van der Waals surface area contributed by atoms with Crippen molar-refractivity contribution in [3.8, 4) is 0 Å². The predicted octanol–water partition coefficient (Wildman–Crippen LogP) is 7.05. The predicted molar refractivity (Wildman–Crippen MR) is 111 cm³/mol. The molecule has 0 spiro atoms. The number of aromatic nitrogens is 2. The first-order chi connectivity index (χ1) is 11.9. The molecule has 0 aliphatic carbocycles. The molecular formula is C22H36N2OS. The number of hydrogen-bond donors (Lipinski definition) is 0. The molecule has 0 saturated heterocycles. The molecule has 2 atom stereocenters. The topological polar surface area (TPSA) is 38.9 Å². The molecule has 0 aliphatic heterocycles. The zero-order valence-electron chi connectivity index (χ0n) is 18.0. The van der Waals surface area contributed by atoms with Crippen LogP contribution in [-0.2, 0) is 10.8 Å². The molecule has 0 aliphatic rings. The molecule has 3 nitrogen and oxygen atoms in total. The summed E-state index contributed by atoms with van der Waals surface area (Å²) in [5.74, 6) is 2.35. The molecule has 2 rings (SSSR count). The molecule has 0 aromatic carbocycles. The fourth-order valence-corrected chi connectivity index (χ4v) is 3.92. The van der Waals surface area contributed by atoms with E-state index < -0.39 is 0 Å². The Labute approximate surface area is 163 Å². The van der Waals surface area contributed by atoms with Gasteiger partial charge in [-0.15, -0.1) is 11.3 Å². The molecular weight excluding hydrogens is 340 g/mol. The van der Waals surface area contributed by atoms with Crippen molar-refractivity contribution >= 4 is 11.3 Å². The van der Waals surface area contributed by atoms with Crippen LogP contribution in [0.2, 0.25) is 0 Å². The normalized spacial score (nSPS) is 15.5. The maximum Gasteiger partial charge on any atom is 0.199 e. The first-order valence-electron chi connectivity index (χ1n) is 9.83. The Kier molecular flexibility index (Phi) is 6.37. The average molecular weight is 377 g/mol. The van der Waals surface area contributed by atoms with E-state index in [0.29, 0.717) is 17.8 Å². The smallest absolute Gasteiger partial charge is 0.199 e. The molecule has 0 bridgehead atoms. The van der Waals surface area contributed by atoms with E-state index in [2.05, 4.69) is 67.7 Å². The third kappa shape index (κ3) is 4.97. The van der Waals surface area contributed by atoms with Gasteiger partial charge in [0.15, 0.2) is 5.89 Å². The van der Waals surface area contributed by atoms with Gasteiger partial charge in [0.25, 0.3) is 0 Å². The third-order valence-corrected chi connectivity index (χ3v) is 6.66. The van der Waals surface area contributed by atoms with Crippen LogP contribution < -0.4 is 0 Å². The number of oxazole rings is 1. The van der Waals surface area contributed by atoms with Crippen molar-refractivity contribution in [2.45, 2.75) is 97.8 Å². The number of hydrogen-bond acceptors (Lipinski definition) is 4.